The largest absolute Gasteiger partial charge is 0.310 e. The Morgan fingerprint density at radius 2 is 2.20 bits per heavy atom. The molecule has 1 aromatic carbocycles. The van der Waals surface area contributed by atoms with Gasteiger partial charge in [0.2, 0.25) is 0 Å². The quantitative estimate of drug-likeness (QED) is 0.742. The van der Waals surface area contributed by atoms with Gasteiger partial charge in [0.25, 0.3) is 0 Å². The topological polar surface area (TPSA) is 12.0 Å². The second-order valence-electron chi connectivity index (χ2n) is 3.94. The Morgan fingerprint density at radius 3 is 2.87 bits per heavy atom. The van der Waals surface area contributed by atoms with Crippen molar-refractivity contribution in [2.75, 3.05) is 18.6 Å². The predicted molar refractivity (Wildman–Crippen MR) is 70.6 cm³/mol. The maximum atomic E-state index is 3.55. The monoisotopic (exact) mass is 223 g/mol. The van der Waals surface area contributed by atoms with E-state index in [0.29, 0.717) is 6.04 Å². The zero-order valence-corrected chi connectivity index (χ0v) is 10.7. The van der Waals surface area contributed by atoms with Crippen molar-refractivity contribution in [3.63, 3.8) is 0 Å². The van der Waals surface area contributed by atoms with Gasteiger partial charge in [-0.3, -0.25) is 0 Å². The number of aryl methyl sites for hydroxylation is 1. The molecule has 0 spiro atoms. The van der Waals surface area contributed by atoms with Gasteiger partial charge in [-0.25, -0.2) is 0 Å². The average Bonchev–Trinajstić information content (AvgIpc) is 2.24. The van der Waals surface area contributed by atoms with Crippen LogP contribution >= 0.6 is 11.8 Å². The van der Waals surface area contributed by atoms with Crippen LogP contribution in [0.25, 0.3) is 0 Å². The summed E-state index contributed by atoms with van der Waals surface area (Å²) in [5, 5.41) is 3.55. The number of thioether (sulfide) groups is 1. The van der Waals surface area contributed by atoms with Crippen LogP contribution in [0.3, 0.4) is 0 Å². The zero-order chi connectivity index (χ0) is 11.1. The molecule has 0 radical (unpaired) electrons. The first-order valence-corrected chi connectivity index (χ1v) is 6.92. The number of rotatable bonds is 6. The van der Waals surface area contributed by atoms with Crippen LogP contribution in [0.1, 0.15) is 30.5 Å². The fourth-order valence-corrected chi connectivity index (χ4v) is 2.03. The Hall–Kier alpha value is -0.470. The maximum Gasteiger partial charge on any atom is 0.0291 e. The van der Waals surface area contributed by atoms with Gasteiger partial charge in [0.1, 0.15) is 0 Å². The van der Waals surface area contributed by atoms with Crippen molar-refractivity contribution in [3.05, 3.63) is 35.4 Å². The van der Waals surface area contributed by atoms with E-state index in [-0.39, 0.29) is 0 Å². The molecule has 0 amide bonds. The molecule has 0 saturated carbocycles. The van der Waals surface area contributed by atoms with Crippen molar-refractivity contribution >= 4 is 11.8 Å². The summed E-state index contributed by atoms with van der Waals surface area (Å²) in [4.78, 5) is 0. The number of hydrogen-bond acceptors (Lipinski definition) is 2. The molecule has 1 rings (SSSR count). The first-order chi connectivity index (χ1) is 7.24. The molecule has 0 aliphatic carbocycles. The highest BCUT2D eigenvalue weighted by Crippen LogP contribution is 2.13. The van der Waals surface area contributed by atoms with Crippen LogP contribution in [0.5, 0.6) is 0 Å². The van der Waals surface area contributed by atoms with Gasteiger partial charge in [-0.05, 0) is 44.4 Å². The highest BCUT2D eigenvalue weighted by Gasteiger charge is 2.03. The van der Waals surface area contributed by atoms with Crippen LogP contribution in [0.15, 0.2) is 24.3 Å². The van der Waals surface area contributed by atoms with E-state index in [1.165, 1.54) is 23.3 Å². The third-order valence-electron chi connectivity index (χ3n) is 2.52. The predicted octanol–water partition coefficient (Wildman–Crippen LogP) is 3.40. The van der Waals surface area contributed by atoms with E-state index >= 15 is 0 Å². The molecular formula is C13H21NS. The van der Waals surface area contributed by atoms with Crippen LogP contribution in [0, 0.1) is 6.92 Å². The molecule has 1 nitrogen and oxygen atoms in total. The van der Waals surface area contributed by atoms with Gasteiger partial charge in [-0.15, -0.1) is 0 Å². The van der Waals surface area contributed by atoms with E-state index in [9.17, 15) is 0 Å². The fourth-order valence-electron chi connectivity index (χ4n) is 1.59. The van der Waals surface area contributed by atoms with Crippen LogP contribution in [0.4, 0.5) is 0 Å². The minimum absolute atomic E-state index is 0.465. The molecule has 0 aromatic heterocycles. The zero-order valence-electron chi connectivity index (χ0n) is 9.92. The smallest absolute Gasteiger partial charge is 0.0291 e. The number of hydrogen-bond donors (Lipinski definition) is 1. The van der Waals surface area contributed by atoms with Gasteiger partial charge in [-0.1, -0.05) is 29.8 Å². The summed E-state index contributed by atoms with van der Waals surface area (Å²) in [7, 11) is 0. The van der Waals surface area contributed by atoms with Crippen molar-refractivity contribution < 1.29 is 0 Å². The lowest BCUT2D eigenvalue weighted by Crippen LogP contribution is -2.20. The summed E-state index contributed by atoms with van der Waals surface area (Å²) < 4.78 is 0. The molecule has 2 heteroatoms. The van der Waals surface area contributed by atoms with Gasteiger partial charge >= 0.3 is 0 Å². The van der Waals surface area contributed by atoms with Crippen molar-refractivity contribution in [2.24, 2.45) is 0 Å². The fraction of sp³-hybridized carbons (Fsp3) is 0.538. The molecule has 0 bridgehead atoms. The Morgan fingerprint density at radius 1 is 1.40 bits per heavy atom. The van der Waals surface area contributed by atoms with E-state index in [1.807, 2.05) is 11.8 Å². The van der Waals surface area contributed by atoms with Crippen molar-refractivity contribution in [1.82, 2.24) is 5.32 Å². The number of benzene rings is 1. The van der Waals surface area contributed by atoms with Crippen LogP contribution in [-0.4, -0.2) is 18.6 Å². The van der Waals surface area contributed by atoms with Crippen LogP contribution in [0.2, 0.25) is 0 Å². The Labute approximate surface area is 97.7 Å². The maximum absolute atomic E-state index is 3.55. The third kappa shape index (κ3) is 4.72. The summed E-state index contributed by atoms with van der Waals surface area (Å²) in [6.45, 7) is 5.48. The molecule has 84 valence electrons. The van der Waals surface area contributed by atoms with E-state index in [4.69, 9.17) is 0 Å². The average molecular weight is 223 g/mol. The van der Waals surface area contributed by atoms with Crippen molar-refractivity contribution in [3.8, 4) is 0 Å². The van der Waals surface area contributed by atoms with Gasteiger partial charge in [-0.2, -0.15) is 11.8 Å². The molecule has 1 atom stereocenters. The molecule has 15 heavy (non-hydrogen) atoms. The molecule has 0 aliphatic rings. The minimum Gasteiger partial charge on any atom is -0.310 e. The van der Waals surface area contributed by atoms with Crippen LogP contribution in [-0.2, 0) is 0 Å². The first-order valence-electron chi connectivity index (χ1n) is 5.53. The molecule has 0 fully saturated rings. The molecule has 0 saturated heterocycles. The summed E-state index contributed by atoms with van der Waals surface area (Å²) in [5.74, 6) is 1.24. The van der Waals surface area contributed by atoms with Gasteiger partial charge < -0.3 is 5.32 Å². The molecule has 0 unspecified atom stereocenters. The van der Waals surface area contributed by atoms with E-state index in [2.05, 4.69) is 49.7 Å². The van der Waals surface area contributed by atoms with E-state index in [0.717, 1.165) is 6.54 Å². The minimum atomic E-state index is 0.465. The third-order valence-corrected chi connectivity index (χ3v) is 3.21. The Balaban J connectivity index is 2.36. The normalized spacial score (nSPS) is 12.7. The summed E-state index contributed by atoms with van der Waals surface area (Å²) in [6, 6.07) is 9.19. The molecule has 1 N–H and O–H groups in total. The highest BCUT2D eigenvalue weighted by atomic mass is 32.2. The SMILES string of the molecule is CSCCCN[C@@H](C)c1cccc(C)c1. The Bertz CT molecular complexity index is 286. The lowest BCUT2D eigenvalue weighted by atomic mass is 10.1. The second kappa shape index (κ2) is 6.91. The first kappa shape index (κ1) is 12.6. The Kier molecular flexibility index (Phi) is 5.81. The molecular weight excluding hydrogens is 202 g/mol. The summed E-state index contributed by atoms with van der Waals surface area (Å²) in [5.41, 5.74) is 2.73. The van der Waals surface area contributed by atoms with Crippen molar-refractivity contribution in [1.29, 1.82) is 0 Å². The summed E-state index contributed by atoms with van der Waals surface area (Å²) >= 11 is 1.91. The van der Waals surface area contributed by atoms with Gasteiger partial charge in [0.15, 0.2) is 0 Å². The number of nitrogens with one attached hydrogen (secondary N) is 1. The lowest BCUT2D eigenvalue weighted by Gasteiger charge is -2.14. The van der Waals surface area contributed by atoms with Gasteiger partial charge in [0.05, 0.1) is 0 Å². The van der Waals surface area contributed by atoms with Gasteiger partial charge in [0, 0.05) is 6.04 Å². The van der Waals surface area contributed by atoms with Crippen molar-refractivity contribution in [2.45, 2.75) is 26.3 Å². The molecule has 0 aliphatic heterocycles. The van der Waals surface area contributed by atoms with E-state index < -0.39 is 0 Å². The molecule has 0 heterocycles. The molecule has 1 aromatic rings. The highest BCUT2D eigenvalue weighted by molar-refractivity contribution is 7.98. The standard InChI is InChI=1S/C13H21NS/c1-11-6-4-7-13(10-11)12(2)14-8-5-9-15-3/h4,6-7,10,12,14H,5,8-9H2,1-3H3/t12-/m0/s1. The summed E-state index contributed by atoms with van der Waals surface area (Å²) in [6.07, 6.45) is 3.40. The second-order valence-corrected chi connectivity index (χ2v) is 4.92. The van der Waals surface area contributed by atoms with E-state index in [1.54, 1.807) is 0 Å². The van der Waals surface area contributed by atoms with Crippen LogP contribution < -0.4 is 5.32 Å². The lowest BCUT2D eigenvalue weighted by molar-refractivity contribution is 0.572.